The van der Waals surface area contributed by atoms with E-state index in [0.29, 0.717) is 6.07 Å². The molecule has 2 heterocycles. The summed E-state index contributed by atoms with van der Waals surface area (Å²) >= 11 is 0. The molecule has 2 amide bonds. The molecule has 2 atom stereocenters. The molecule has 1 N–H and O–H groups in total. The number of likely N-dealkylation sites (tertiary alicyclic amines) is 1. The van der Waals surface area contributed by atoms with Crippen LogP contribution in [-0.2, 0) is 31.5 Å². The Labute approximate surface area is 249 Å². The highest BCUT2D eigenvalue weighted by Crippen LogP contribution is 2.57. The minimum Gasteiger partial charge on any atom is -0.482 e. The van der Waals surface area contributed by atoms with Gasteiger partial charge in [0.1, 0.15) is 16.3 Å². The molecular formula is C29H20F8N2O5S. The van der Waals surface area contributed by atoms with Gasteiger partial charge in [0.05, 0.1) is 16.6 Å². The summed E-state index contributed by atoms with van der Waals surface area (Å²) in [6.07, 6.45) is -13.7. The third-order valence-electron chi connectivity index (χ3n) is 8.52. The molecule has 0 radical (unpaired) electrons. The molecule has 1 saturated heterocycles. The summed E-state index contributed by atoms with van der Waals surface area (Å²) in [6, 6.07) is 7.61. The minimum absolute atomic E-state index is 0.0249. The van der Waals surface area contributed by atoms with Crippen molar-refractivity contribution in [2.24, 2.45) is 0 Å². The Morgan fingerprint density at radius 2 is 1.60 bits per heavy atom. The van der Waals surface area contributed by atoms with Gasteiger partial charge in [-0.15, -0.1) is 0 Å². The van der Waals surface area contributed by atoms with Crippen LogP contribution in [0.15, 0.2) is 65.6 Å². The molecule has 3 aromatic rings. The van der Waals surface area contributed by atoms with E-state index < -0.39 is 73.2 Å². The van der Waals surface area contributed by atoms with Crippen LogP contribution in [0.25, 0.3) is 0 Å². The molecule has 0 spiro atoms. The van der Waals surface area contributed by atoms with Crippen LogP contribution in [-0.4, -0.2) is 56.7 Å². The van der Waals surface area contributed by atoms with E-state index in [4.69, 9.17) is 4.74 Å². The molecule has 16 heteroatoms. The number of hydrogen-bond donors (Lipinski definition) is 1. The van der Waals surface area contributed by atoms with Crippen molar-refractivity contribution in [1.82, 2.24) is 4.90 Å². The van der Waals surface area contributed by atoms with Crippen LogP contribution in [0.2, 0.25) is 0 Å². The first-order chi connectivity index (χ1) is 20.9. The lowest BCUT2D eigenvalue weighted by Gasteiger charge is -2.33. The normalized spacial score (nSPS) is 21.5. The van der Waals surface area contributed by atoms with Crippen LogP contribution in [0.1, 0.15) is 33.5 Å². The van der Waals surface area contributed by atoms with Crippen LogP contribution in [0, 0.1) is 5.82 Å². The van der Waals surface area contributed by atoms with Gasteiger partial charge in [0.15, 0.2) is 16.4 Å². The summed E-state index contributed by atoms with van der Waals surface area (Å²) in [7, 11) is -4.62. The Morgan fingerprint density at radius 3 is 2.24 bits per heavy atom. The number of carbonyl (C=O) groups excluding carboxylic acids is 2. The molecule has 0 aromatic heterocycles. The van der Waals surface area contributed by atoms with Crippen LogP contribution in [0.4, 0.5) is 40.8 Å². The zero-order chi connectivity index (χ0) is 32.7. The number of amides is 2. The number of ether oxygens (including phenoxy) is 1. The van der Waals surface area contributed by atoms with Crippen molar-refractivity contribution >= 4 is 27.3 Å². The fraction of sp³-hybridized carbons (Fsp3) is 0.310. The van der Waals surface area contributed by atoms with E-state index in [0.717, 1.165) is 35.2 Å². The Balaban J connectivity index is 1.49. The highest BCUT2D eigenvalue weighted by Gasteiger charge is 2.74. The number of rotatable bonds is 4. The lowest BCUT2D eigenvalue weighted by Crippen LogP contribution is -2.50. The fourth-order valence-electron chi connectivity index (χ4n) is 6.44. The molecule has 3 aromatic carbocycles. The van der Waals surface area contributed by atoms with Gasteiger partial charge in [0.2, 0.25) is 0 Å². The molecule has 6 rings (SSSR count). The van der Waals surface area contributed by atoms with Gasteiger partial charge in [0.25, 0.3) is 11.8 Å². The largest absolute Gasteiger partial charge is 0.482 e. The molecule has 2 aliphatic heterocycles. The van der Waals surface area contributed by atoms with Gasteiger partial charge in [0, 0.05) is 17.7 Å². The monoisotopic (exact) mass is 660 g/mol. The Morgan fingerprint density at radius 1 is 0.933 bits per heavy atom. The molecule has 3 aliphatic rings. The van der Waals surface area contributed by atoms with Gasteiger partial charge >= 0.3 is 18.0 Å². The molecule has 0 saturated carbocycles. The summed E-state index contributed by atoms with van der Waals surface area (Å²) in [5.74, 6) is -1.77. The molecule has 1 fully saturated rings. The smallest absolute Gasteiger partial charge is 0.435 e. The predicted molar refractivity (Wildman–Crippen MR) is 140 cm³/mol. The number of carbonyl (C=O) groups is 2. The van der Waals surface area contributed by atoms with Crippen LogP contribution in [0.3, 0.4) is 0 Å². The summed E-state index contributed by atoms with van der Waals surface area (Å²) in [6.45, 7) is -0.468. The lowest BCUT2D eigenvalue weighted by atomic mass is 9.90. The molecular weight excluding hydrogens is 640 g/mol. The quantitative estimate of drug-likeness (QED) is 0.291. The lowest BCUT2D eigenvalue weighted by molar-refractivity contribution is -0.348. The highest BCUT2D eigenvalue weighted by atomic mass is 32.2. The number of sulfone groups is 1. The predicted octanol–water partition coefficient (Wildman–Crippen LogP) is 5.59. The van der Waals surface area contributed by atoms with Gasteiger partial charge in [-0.2, -0.15) is 26.3 Å². The number of halogens is 8. The zero-order valence-corrected chi connectivity index (χ0v) is 23.4. The second kappa shape index (κ2) is 9.89. The van der Waals surface area contributed by atoms with Crippen LogP contribution < -0.4 is 10.1 Å². The Bertz CT molecular complexity index is 1830. The Hall–Kier alpha value is -4.21. The van der Waals surface area contributed by atoms with Crippen molar-refractivity contribution in [3.05, 3.63) is 88.7 Å². The van der Waals surface area contributed by atoms with Crippen molar-refractivity contribution in [2.45, 2.75) is 46.5 Å². The SMILES string of the molecule is O=C1COc2ccc(C(=O)N3CCC4(S(=O)(=O)c5ccc(F)cc5)c5ccc(C(F)(C(F)(F)F)C(F)(F)F)cc5CC34)cc2N1. The van der Waals surface area contributed by atoms with E-state index in [-0.39, 0.29) is 53.8 Å². The van der Waals surface area contributed by atoms with Crippen LogP contribution >= 0.6 is 0 Å². The van der Waals surface area contributed by atoms with E-state index in [1.54, 1.807) is 0 Å². The average Bonchev–Trinajstić information content (AvgIpc) is 3.50. The van der Waals surface area contributed by atoms with Crippen molar-refractivity contribution in [3.63, 3.8) is 0 Å². The maximum absolute atomic E-state index is 15.0. The van der Waals surface area contributed by atoms with Gasteiger partial charge in [-0.3, -0.25) is 9.59 Å². The third-order valence-corrected chi connectivity index (χ3v) is 11.1. The molecule has 7 nitrogen and oxygen atoms in total. The molecule has 1 aliphatic carbocycles. The summed E-state index contributed by atoms with van der Waals surface area (Å²) in [4.78, 5) is 26.3. The van der Waals surface area contributed by atoms with E-state index in [9.17, 15) is 48.7 Å². The molecule has 2 unspecified atom stereocenters. The second-order valence-corrected chi connectivity index (χ2v) is 13.1. The van der Waals surface area contributed by atoms with Crippen molar-refractivity contribution in [3.8, 4) is 5.75 Å². The van der Waals surface area contributed by atoms with Gasteiger partial charge in [-0.05, 0) is 66.4 Å². The third kappa shape index (κ3) is 4.39. The first-order valence-corrected chi connectivity index (χ1v) is 14.7. The highest BCUT2D eigenvalue weighted by molar-refractivity contribution is 7.92. The van der Waals surface area contributed by atoms with Gasteiger partial charge in [-0.25, -0.2) is 17.2 Å². The maximum Gasteiger partial charge on any atom is 0.435 e. The maximum atomic E-state index is 15.0. The van der Waals surface area contributed by atoms with Crippen LogP contribution in [0.5, 0.6) is 5.75 Å². The number of fused-ring (bicyclic) bond motifs is 4. The van der Waals surface area contributed by atoms with Crippen molar-refractivity contribution < 1.29 is 57.9 Å². The molecule has 0 bridgehead atoms. The van der Waals surface area contributed by atoms with Crippen molar-refractivity contribution in [2.75, 3.05) is 18.5 Å². The first-order valence-electron chi connectivity index (χ1n) is 13.3. The second-order valence-electron chi connectivity index (χ2n) is 10.9. The number of alkyl halides is 7. The fourth-order valence-corrected chi connectivity index (χ4v) is 8.78. The first kappa shape index (κ1) is 30.8. The number of nitrogens with zero attached hydrogens (tertiary/aromatic N) is 1. The van der Waals surface area contributed by atoms with E-state index >= 15 is 4.39 Å². The summed E-state index contributed by atoms with van der Waals surface area (Å²) < 4.78 is 142. The van der Waals surface area contributed by atoms with E-state index in [1.807, 2.05) is 0 Å². The minimum atomic E-state index is -6.40. The standard InChI is InChI=1S/C29H20F8N2O5S/c30-18-3-5-19(6-4-18)45(42,43)26-9-10-39(25(41)15-1-8-22-21(12-15)38-24(40)14-44-22)23(26)13-16-11-17(2-7-20(16)26)27(31,28(32,33)34)29(35,36)37/h1-8,11-12,23H,9-10,13-14H2,(H,38,40). The summed E-state index contributed by atoms with van der Waals surface area (Å²) in [5, 5.41) is 2.53. The molecule has 238 valence electrons. The molecule has 45 heavy (non-hydrogen) atoms. The number of hydrogen-bond acceptors (Lipinski definition) is 5. The number of benzene rings is 3. The van der Waals surface area contributed by atoms with Gasteiger partial charge < -0.3 is 15.0 Å². The summed E-state index contributed by atoms with van der Waals surface area (Å²) in [5.41, 5.74) is -7.96. The number of nitrogens with one attached hydrogen (secondary N) is 1. The van der Waals surface area contributed by atoms with Crippen molar-refractivity contribution in [1.29, 1.82) is 0 Å². The van der Waals surface area contributed by atoms with E-state index in [2.05, 4.69) is 5.32 Å². The average molecular weight is 661 g/mol. The number of anilines is 1. The zero-order valence-electron chi connectivity index (χ0n) is 22.6. The van der Waals surface area contributed by atoms with E-state index in [1.165, 1.54) is 18.2 Å². The topological polar surface area (TPSA) is 92.8 Å². The Kier molecular flexibility index (Phi) is 6.77. The van der Waals surface area contributed by atoms with Gasteiger partial charge in [-0.1, -0.05) is 18.2 Å².